The lowest BCUT2D eigenvalue weighted by Crippen LogP contribution is -2.16. The van der Waals surface area contributed by atoms with Crippen molar-refractivity contribution in [2.45, 2.75) is 12.3 Å². The number of Topliss-reactive ketones (excluding diaryl/α,β-unsaturated/α-hetero) is 2. The van der Waals surface area contributed by atoms with Crippen LogP contribution in [0.1, 0.15) is 42.8 Å². The number of hydrogen-bond acceptors (Lipinski definition) is 5. The second kappa shape index (κ2) is 7.35. The van der Waals surface area contributed by atoms with Gasteiger partial charge in [-0.25, -0.2) is 0 Å². The van der Waals surface area contributed by atoms with Gasteiger partial charge in [-0.15, -0.1) is 22.7 Å². The van der Waals surface area contributed by atoms with E-state index < -0.39 is 5.92 Å². The van der Waals surface area contributed by atoms with Gasteiger partial charge in [-0.2, -0.15) is 5.26 Å². The third-order valence-electron chi connectivity index (χ3n) is 3.71. The molecule has 0 aliphatic rings. The Hall–Kier alpha value is -2.55. The van der Waals surface area contributed by atoms with E-state index in [9.17, 15) is 9.59 Å². The third kappa shape index (κ3) is 3.51. The summed E-state index contributed by atoms with van der Waals surface area (Å²) in [4.78, 5) is 26.7. The minimum Gasteiger partial charge on any atom is -0.293 e. The van der Waals surface area contributed by atoms with Crippen molar-refractivity contribution in [2.75, 3.05) is 0 Å². The number of thiophene rings is 2. The lowest BCUT2D eigenvalue weighted by molar-refractivity contribution is 0.0897. The SMILES string of the molecule is N#Cc1ccc(C(CC(=O)c2cccs2)C(=O)c2cccs2)cc1. The molecule has 3 rings (SSSR count). The highest BCUT2D eigenvalue weighted by atomic mass is 32.1. The normalized spacial score (nSPS) is 11.6. The number of rotatable bonds is 6. The minimum absolute atomic E-state index is 0.0377. The van der Waals surface area contributed by atoms with Crippen LogP contribution in [0.2, 0.25) is 0 Å². The quantitative estimate of drug-likeness (QED) is 0.592. The summed E-state index contributed by atoms with van der Waals surface area (Å²) in [5, 5.41) is 12.6. The van der Waals surface area contributed by atoms with Crippen molar-refractivity contribution >= 4 is 34.2 Å². The van der Waals surface area contributed by atoms with E-state index in [1.54, 1.807) is 36.4 Å². The van der Waals surface area contributed by atoms with Crippen molar-refractivity contribution in [1.82, 2.24) is 0 Å². The summed E-state index contributed by atoms with van der Waals surface area (Å²) in [6, 6.07) is 16.2. The fraction of sp³-hybridized carbons (Fsp3) is 0.105. The van der Waals surface area contributed by atoms with E-state index in [0.717, 1.165) is 5.56 Å². The molecule has 2 heterocycles. The summed E-state index contributed by atoms with van der Waals surface area (Å²) >= 11 is 2.76. The fourth-order valence-electron chi connectivity index (χ4n) is 2.47. The molecule has 5 heteroatoms. The van der Waals surface area contributed by atoms with E-state index in [0.29, 0.717) is 15.3 Å². The molecule has 0 N–H and O–H groups in total. The summed E-state index contributed by atoms with van der Waals surface area (Å²) in [7, 11) is 0. The molecule has 0 saturated carbocycles. The number of benzene rings is 1. The Labute approximate surface area is 147 Å². The van der Waals surface area contributed by atoms with Crippen LogP contribution < -0.4 is 0 Å². The van der Waals surface area contributed by atoms with Gasteiger partial charge < -0.3 is 0 Å². The Kier molecular flexibility index (Phi) is 4.99. The van der Waals surface area contributed by atoms with Crippen LogP contribution in [0.4, 0.5) is 0 Å². The minimum atomic E-state index is -0.536. The number of nitriles is 1. The maximum absolute atomic E-state index is 12.9. The number of ketones is 2. The topological polar surface area (TPSA) is 57.9 Å². The molecule has 0 bridgehead atoms. The van der Waals surface area contributed by atoms with E-state index in [4.69, 9.17) is 5.26 Å². The van der Waals surface area contributed by atoms with E-state index in [-0.39, 0.29) is 18.0 Å². The molecule has 0 amide bonds. The second-order valence-electron chi connectivity index (χ2n) is 5.23. The van der Waals surface area contributed by atoms with Crippen molar-refractivity contribution in [1.29, 1.82) is 5.26 Å². The first-order chi connectivity index (χ1) is 11.7. The molecular weight excluding hydrogens is 338 g/mol. The van der Waals surface area contributed by atoms with Gasteiger partial charge in [0.05, 0.1) is 27.3 Å². The molecule has 0 radical (unpaired) electrons. The first-order valence-electron chi connectivity index (χ1n) is 7.33. The van der Waals surface area contributed by atoms with E-state index in [1.165, 1.54) is 22.7 Å². The van der Waals surface area contributed by atoms with Gasteiger partial charge in [0.15, 0.2) is 11.6 Å². The lowest BCUT2D eigenvalue weighted by atomic mass is 9.88. The molecule has 3 aromatic rings. The predicted molar refractivity (Wildman–Crippen MR) is 95.8 cm³/mol. The molecular formula is C19H13NO2S2. The van der Waals surface area contributed by atoms with Gasteiger partial charge >= 0.3 is 0 Å². The molecule has 0 spiro atoms. The molecule has 3 nitrogen and oxygen atoms in total. The molecule has 0 aliphatic carbocycles. The highest BCUT2D eigenvalue weighted by molar-refractivity contribution is 7.12. The predicted octanol–water partition coefficient (Wildman–Crippen LogP) is 4.92. The van der Waals surface area contributed by atoms with Crippen molar-refractivity contribution in [3.8, 4) is 6.07 Å². The number of hydrogen-bond donors (Lipinski definition) is 0. The smallest absolute Gasteiger partial charge is 0.180 e. The molecule has 2 aromatic heterocycles. The van der Waals surface area contributed by atoms with Crippen LogP contribution in [0.3, 0.4) is 0 Å². The summed E-state index contributed by atoms with van der Waals surface area (Å²) in [6.07, 6.45) is 0.128. The lowest BCUT2D eigenvalue weighted by Gasteiger charge is -2.14. The third-order valence-corrected chi connectivity index (χ3v) is 5.50. The summed E-state index contributed by atoms with van der Waals surface area (Å²) in [6.45, 7) is 0. The van der Waals surface area contributed by atoms with Crippen LogP contribution in [0, 0.1) is 11.3 Å². The standard InChI is InChI=1S/C19H13NO2S2/c20-12-13-5-7-14(8-6-13)15(19(22)18-4-2-10-24-18)11-16(21)17-3-1-9-23-17/h1-10,15H,11H2. The van der Waals surface area contributed by atoms with Crippen LogP contribution in [0.25, 0.3) is 0 Å². The van der Waals surface area contributed by atoms with Gasteiger partial charge in [-0.3, -0.25) is 9.59 Å². The zero-order valence-corrected chi connectivity index (χ0v) is 14.3. The molecule has 24 heavy (non-hydrogen) atoms. The average Bonchev–Trinajstić information content (AvgIpc) is 3.32. The number of carbonyl (C=O) groups is 2. The molecule has 0 fully saturated rings. The monoisotopic (exact) mass is 351 g/mol. The van der Waals surface area contributed by atoms with Gasteiger partial charge in [0.1, 0.15) is 0 Å². The van der Waals surface area contributed by atoms with Gasteiger partial charge in [-0.1, -0.05) is 24.3 Å². The van der Waals surface area contributed by atoms with Crippen LogP contribution in [-0.4, -0.2) is 11.6 Å². The molecule has 1 unspecified atom stereocenters. The maximum Gasteiger partial charge on any atom is 0.180 e. The number of nitrogens with zero attached hydrogens (tertiary/aromatic N) is 1. The summed E-state index contributed by atoms with van der Waals surface area (Å²) in [5.74, 6) is -0.630. The molecule has 1 aromatic carbocycles. The van der Waals surface area contributed by atoms with Crippen molar-refractivity contribution < 1.29 is 9.59 Å². The first kappa shape index (κ1) is 16.3. The zero-order chi connectivity index (χ0) is 16.9. The number of carbonyl (C=O) groups excluding carboxylic acids is 2. The van der Waals surface area contributed by atoms with Gasteiger partial charge in [0, 0.05) is 6.42 Å². The molecule has 1 atom stereocenters. The Morgan fingerprint density at radius 3 is 2.12 bits per heavy atom. The highest BCUT2D eigenvalue weighted by Gasteiger charge is 2.26. The summed E-state index contributed by atoms with van der Waals surface area (Å²) in [5.41, 5.74) is 1.29. The van der Waals surface area contributed by atoms with Crippen LogP contribution in [0.15, 0.2) is 59.3 Å². The zero-order valence-electron chi connectivity index (χ0n) is 12.6. The van der Waals surface area contributed by atoms with Gasteiger partial charge in [0.2, 0.25) is 0 Å². The Bertz CT molecular complexity index is 873. The fourth-order valence-corrected chi connectivity index (χ4v) is 3.86. The van der Waals surface area contributed by atoms with E-state index >= 15 is 0 Å². The first-order valence-corrected chi connectivity index (χ1v) is 9.09. The molecule has 0 saturated heterocycles. The van der Waals surface area contributed by atoms with E-state index in [2.05, 4.69) is 6.07 Å². The maximum atomic E-state index is 12.9. The van der Waals surface area contributed by atoms with E-state index in [1.807, 2.05) is 22.9 Å². The van der Waals surface area contributed by atoms with Gasteiger partial charge in [0.25, 0.3) is 0 Å². The van der Waals surface area contributed by atoms with Crippen molar-refractivity contribution in [3.63, 3.8) is 0 Å². The van der Waals surface area contributed by atoms with Crippen molar-refractivity contribution in [2.24, 2.45) is 0 Å². The highest BCUT2D eigenvalue weighted by Crippen LogP contribution is 2.29. The van der Waals surface area contributed by atoms with Crippen molar-refractivity contribution in [3.05, 3.63) is 80.2 Å². The Morgan fingerprint density at radius 2 is 1.58 bits per heavy atom. The van der Waals surface area contributed by atoms with Crippen LogP contribution in [-0.2, 0) is 0 Å². The second-order valence-corrected chi connectivity index (χ2v) is 7.13. The van der Waals surface area contributed by atoms with Crippen LogP contribution in [0.5, 0.6) is 0 Å². The molecule has 118 valence electrons. The average molecular weight is 351 g/mol. The van der Waals surface area contributed by atoms with Crippen LogP contribution >= 0.6 is 22.7 Å². The summed E-state index contributed by atoms with van der Waals surface area (Å²) < 4.78 is 0. The Morgan fingerprint density at radius 1 is 0.958 bits per heavy atom. The largest absolute Gasteiger partial charge is 0.293 e. The Balaban J connectivity index is 1.92. The van der Waals surface area contributed by atoms with Gasteiger partial charge in [-0.05, 0) is 40.6 Å². The molecule has 0 aliphatic heterocycles.